The van der Waals surface area contributed by atoms with Crippen LogP contribution in [-0.4, -0.2) is 37.2 Å². The maximum absolute atomic E-state index is 11.4. The van der Waals surface area contributed by atoms with Gasteiger partial charge in [-0.15, -0.1) is 0 Å². The van der Waals surface area contributed by atoms with Crippen molar-refractivity contribution in [1.82, 2.24) is 5.32 Å². The summed E-state index contributed by atoms with van der Waals surface area (Å²) in [7, 11) is 1.58. The van der Waals surface area contributed by atoms with Crippen LogP contribution in [0, 0.1) is 0 Å². The molecule has 0 aliphatic rings. The molecule has 6 heteroatoms. The smallest absolute Gasteiger partial charge is 0.338 e. The van der Waals surface area contributed by atoms with E-state index in [9.17, 15) is 9.59 Å². The third-order valence-electron chi connectivity index (χ3n) is 1.88. The number of hydrogen-bond acceptors (Lipinski definition) is 4. The second kappa shape index (κ2) is 5.92. The van der Waals surface area contributed by atoms with E-state index in [4.69, 9.17) is 14.3 Å². The molecule has 0 spiro atoms. The van der Waals surface area contributed by atoms with Crippen LogP contribution >= 0.6 is 0 Å². The quantitative estimate of drug-likeness (QED) is 0.700. The number of nitrogens with one attached hydrogen (secondary N) is 1. The Kier molecular flexibility index (Phi) is 4.53. The van der Waals surface area contributed by atoms with Crippen molar-refractivity contribution in [1.29, 1.82) is 0 Å². The van der Waals surface area contributed by atoms with Crippen LogP contribution in [-0.2, 0) is 4.74 Å². The number of carboxylic acid groups (broad SMARTS) is 1. The Morgan fingerprint density at radius 3 is 2.88 bits per heavy atom. The van der Waals surface area contributed by atoms with Crippen LogP contribution in [0.3, 0.4) is 0 Å². The van der Waals surface area contributed by atoms with E-state index in [1.54, 1.807) is 7.11 Å². The van der Waals surface area contributed by atoms with Crippen molar-refractivity contribution in [2.24, 2.45) is 0 Å². The maximum atomic E-state index is 11.4. The minimum atomic E-state index is -1.12. The van der Waals surface area contributed by atoms with E-state index in [2.05, 4.69) is 5.32 Å². The first-order valence-corrected chi connectivity index (χ1v) is 4.74. The normalized spacial score (nSPS) is 10.1. The molecule has 0 unspecified atom stereocenters. The van der Waals surface area contributed by atoms with Crippen molar-refractivity contribution in [2.45, 2.75) is 6.42 Å². The average molecular weight is 227 g/mol. The lowest BCUT2D eigenvalue weighted by Crippen LogP contribution is -2.24. The van der Waals surface area contributed by atoms with Gasteiger partial charge in [0.2, 0.25) is 0 Å². The summed E-state index contributed by atoms with van der Waals surface area (Å²) in [4.78, 5) is 21.9. The van der Waals surface area contributed by atoms with Gasteiger partial charge in [0.05, 0.1) is 5.56 Å². The van der Waals surface area contributed by atoms with Crippen molar-refractivity contribution in [2.75, 3.05) is 20.3 Å². The van der Waals surface area contributed by atoms with Gasteiger partial charge in [-0.1, -0.05) is 0 Å². The molecular formula is C10H13NO5. The van der Waals surface area contributed by atoms with E-state index in [-0.39, 0.29) is 11.3 Å². The number of methoxy groups -OCH3 is 1. The van der Waals surface area contributed by atoms with Gasteiger partial charge in [0.1, 0.15) is 6.26 Å². The van der Waals surface area contributed by atoms with E-state index in [0.29, 0.717) is 19.6 Å². The molecule has 0 aliphatic carbocycles. The van der Waals surface area contributed by atoms with Crippen LogP contribution in [0.15, 0.2) is 16.7 Å². The van der Waals surface area contributed by atoms with Gasteiger partial charge in [-0.2, -0.15) is 0 Å². The van der Waals surface area contributed by atoms with Gasteiger partial charge >= 0.3 is 5.97 Å². The van der Waals surface area contributed by atoms with Crippen molar-refractivity contribution in [3.63, 3.8) is 0 Å². The highest BCUT2D eigenvalue weighted by molar-refractivity contribution is 5.95. The molecule has 6 nitrogen and oxygen atoms in total. The maximum Gasteiger partial charge on any atom is 0.338 e. The fourth-order valence-corrected chi connectivity index (χ4v) is 1.07. The van der Waals surface area contributed by atoms with Crippen LogP contribution in [0.4, 0.5) is 0 Å². The lowest BCUT2D eigenvalue weighted by Gasteiger charge is -2.01. The summed E-state index contributed by atoms with van der Waals surface area (Å²) in [6.07, 6.45) is 1.72. The highest BCUT2D eigenvalue weighted by atomic mass is 16.5. The fraction of sp³-hybridized carbons (Fsp3) is 0.400. The van der Waals surface area contributed by atoms with E-state index < -0.39 is 11.9 Å². The number of carboxylic acids is 1. The topological polar surface area (TPSA) is 88.8 Å². The third kappa shape index (κ3) is 3.39. The predicted molar refractivity (Wildman–Crippen MR) is 54.5 cm³/mol. The zero-order valence-corrected chi connectivity index (χ0v) is 8.86. The number of hydrogen-bond donors (Lipinski definition) is 2. The number of rotatable bonds is 6. The van der Waals surface area contributed by atoms with E-state index in [1.807, 2.05) is 0 Å². The van der Waals surface area contributed by atoms with Crippen molar-refractivity contribution >= 4 is 11.9 Å². The number of furan rings is 1. The third-order valence-corrected chi connectivity index (χ3v) is 1.88. The van der Waals surface area contributed by atoms with Crippen molar-refractivity contribution < 1.29 is 23.8 Å². The largest absolute Gasteiger partial charge is 0.478 e. The van der Waals surface area contributed by atoms with E-state index in [1.165, 1.54) is 6.07 Å². The minimum Gasteiger partial charge on any atom is -0.478 e. The summed E-state index contributed by atoms with van der Waals surface area (Å²) < 4.78 is 9.63. The van der Waals surface area contributed by atoms with Gasteiger partial charge in [0.15, 0.2) is 5.76 Å². The zero-order valence-electron chi connectivity index (χ0n) is 8.86. The second-order valence-corrected chi connectivity index (χ2v) is 3.11. The van der Waals surface area contributed by atoms with Crippen LogP contribution in [0.5, 0.6) is 0 Å². The molecule has 0 aromatic carbocycles. The Morgan fingerprint density at radius 2 is 2.31 bits per heavy atom. The average Bonchev–Trinajstić information content (AvgIpc) is 2.73. The van der Waals surface area contributed by atoms with Gasteiger partial charge in [-0.05, 0) is 6.42 Å². The molecule has 16 heavy (non-hydrogen) atoms. The fourth-order valence-electron chi connectivity index (χ4n) is 1.07. The molecule has 2 N–H and O–H groups in total. The Morgan fingerprint density at radius 1 is 1.56 bits per heavy atom. The highest BCUT2D eigenvalue weighted by Gasteiger charge is 2.13. The highest BCUT2D eigenvalue weighted by Crippen LogP contribution is 2.07. The van der Waals surface area contributed by atoms with Gasteiger partial charge < -0.3 is 19.6 Å². The minimum absolute atomic E-state index is 0.00480. The molecule has 0 saturated carbocycles. The molecule has 0 radical (unpaired) electrons. The standard InChI is InChI=1S/C10H13NO5/c1-15-4-2-3-11-9(12)8-5-7(6-16-8)10(13)14/h5-6H,2-4H2,1H3,(H,11,12)(H,13,14). The number of carbonyl (C=O) groups excluding carboxylic acids is 1. The molecule has 1 aromatic rings. The SMILES string of the molecule is COCCCNC(=O)c1cc(C(=O)O)co1. The lowest BCUT2D eigenvalue weighted by molar-refractivity contribution is 0.0695. The van der Waals surface area contributed by atoms with Crippen LogP contribution in [0.2, 0.25) is 0 Å². The van der Waals surface area contributed by atoms with Crippen LogP contribution < -0.4 is 5.32 Å². The number of aromatic carboxylic acids is 1. The van der Waals surface area contributed by atoms with Crippen molar-refractivity contribution in [3.8, 4) is 0 Å². The molecule has 0 bridgehead atoms. The van der Waals surface area contributed by atoms with Gasteiger partial charge in [0.25, 0.3) is 5.91 Å². The first-order valence-electron chi connectivity index (χ1n) is 4.74. The molecule has 0 aliphatic heterocycles. The summed E-state index contributed by atoms with van der Waals surface area (Å²) in [6, 6.07) is 1.19. The van der Waals surface area contributed by atoms with Crippen molar-refractivity contribution in [3.05, 3.63) is 23.7 Å². The molecule has 0 atom stereocenters. The molecule has 1 heterocycles. The molecule has 0 saturated heterocycles. The second-order valence-electron chi connectivity index (χ2n) is 3.11. The van der Waals surface area contributed by atoms with E-state index in [0.717, 1.165) is 6.26 Å². The number of carbonyl (C=O) groups is 2. The monoisotopic (exact) mass is 227 g/mol. The van der Waals surface area contributed by atoms with Gasteiger partial charge in [-0.25, -0.2) is 4.79 Å². The summed E-state index contributed by atoms with van der Waals surface area (Å²) >= 11 is 0. The Labute approximate surface area is 92.2 Å². The molecule has 0 fully saturated rings. The predicted octanol–water partition coefficient (Wildman–Crippen LogP) is 0.744. The molecular weight excluding hydrogens is 214 g/mol. The Balaban J connectivity index is 2.43. The lowest BCUT2D eigenvalue weighted by atomic mass is 10.3. The Hall–Kier alpha value is -1.82. The Bertz CT molecular complexity index is 371. The molecule has 1 rings (SSSR count). The summed E-state index contributed by atoms with van der Waals surface area (Å²) in [5.74, 6) is -1.55. The molecule has 88 valence electrons. The first-order chi connectivity index (χ1) is 7.65. The summed E-state index contributed by atoms with van der Waals surface area (Å²) in [5.41, 5.74) is -0.0398. The molecule has 1 aromatic heterocycles. The summed E-state index contributed by atoms with van der Waals surface area (Å²) in [5, 5.41) is 11.2. The zero-order chi connectivity index (χ0) is 12.0. The number of ether oxygens (including phenoxy) is 1. The van der Waals surface area contributed by atoms with Gasteiger partial charge in [-0.3, -0.25) is 4.79 Å². The first kappa shape index (κ1) is 12.3. The number of amides is 1. The van der Waals surface area contributed by atoms with Gasteiger partial charge in [0, 0.05) is 26.3 Å². The van der Waals surface area contributed by atoms with Crippen LogP contribution in [0.25, 0.3) is 0 Å². The van der Waals surface area contributed by atoms with E-state index >= 15 is 0 Å². The molecule has 1 amide bonds. The summed E-state index contributed by atoms with van der Waals surface area (Å²) in [6.45, 7) is 1.01. The van der Waals surface area contributed by atoms with Crippen LogP contribution in [0.1, 0.15) is 27.3 Å².